The van der Waals surface area contributed by atoms with Gasteiger partial charge in [0.2, 0.25) is 0 Å². The fraction of sp³-hybridized carbons (Fsp3) is 0.385. The van der Waals surface area contributed by atoms with Gasteiger partial charge in [-0.05, 0) is 18.6 Å². The number of hydrogen-bond acceptors (Lipinski definition) is 7. The second-order valence-corrected chi connectivity index (χ2v) is 6.53. The van der Waals surface area contributed by atoms with Crippen molar-refractivity contribution in [3.63, 3.8) is 0 Å². The first-order valence-electron chi connectivity index (χ1n) is 6.42. The highest BCUT2D eigenvalue weighted by molar-refractivity contribution is 7.86. The molecule has 0 aliphatic rings. The number of carbonyl (C=O) groups is 1. The molecular formula is C13H15ClN2O6S. The van der Waals surface area contributed by atoms with Crippen molar-refractivity contribution in [1.82, 2.24) is 0 Å². The molecule has 0 fully saturated rings. The number of esters is 1. The van der Waals surface area contributed by atoms with E-state index < -0.39 is 39.2 Å². The molecule has 1 atom stereocenters. The average Bonchev–Trinajstić information content (AvgIpc) is 2.45. The van der Waals surface area contributed by atoms with Gasteiger partial charge in [-0.2, -0.15) is 13.7 Å². The third-order valence-electron chi connectivity index (χ3n) is 2.82. The highest BCUT2D eigenvalue weighted by Gasteiger charge is 2.21. The molecule has 0 spiro atoms. The van der Waals surface area contributed by atoms with Gasteiger partial charge in [0.15, 0.2) is 0 Å². The number of nitrogens with zero attached hydrogens (tertiary/aromatic N) is 1. The minimum Gasteiger partial charge on any atom is -0.506 e. The van der Waals surface area contributed by atoms with E-state index in [-0.39, 0.29) is 23.6 Å². The van der Waals surface area contributed by atoms with E-state index in [1.807, 2.05) is 6.07 Å². The molecule has 0 aliphatic carbocycles. The van der Waals surface area contributed by atoms with E-state index >= 15 is 0 Å². The second-order valence-electron chi connectivity index (χ2n) is 4.70. The Morgan fingerprint density at radius 2 is 2.13 bits per heavy atom. The maximum atomic E-state index is 11.7. The predicted octanol–water partition coefficient (Wildman–Crippen LogP) is 1.01. The number of halogens is 1. The smallest absolute Gasteiger partial charge is 0.310 e. The van der Waals surface area contributed by atoms with Crippen molar-refractivity contribution in [1.29, 1.82) is 5.26 Å². The van der Waals surface area contributed by atoms with Gasteiger partial charge in [0, 0.05) is 23.0 Å². The van der Waals surface area contributed by atoms with Crippen molar-refractivity contribution in [2.24, 2.45) is 5.73 Å². The van der Waals surface area contributed by atoms with Crippen LogP contribution in [0, 0.1) is 11.3 Å². The summed E-state index contributed by atoms with van der Waals surface area (Å²) in [5.41, 5.74) is 5.52. The molecule has 0 radical (unpaired) electrons. The largest absolute Gasteiger partial charge is 0.506 e. The van der Waals surface area contributed by atoms with Crippen LogP contribution >= 0.6 is 11.6 Å². The van der Waals surface area contributed by atoms with Crippen LogP contribution < -0.4 is 5.73 Å². The third kappa shape index (κ3) is 6.03. The summed E-state index contributed by atoms with van der Waals surface area (Å²) in [5.74, 6) is -1.54. The number of benzene rings is 1. The lowest BCUT2D eigenvalue weighted by atomic mass is 10.1. The van der Waals surface area contributed by atoms with Crippen molar-refractivity contribution in [2.75, 3.05) is 6.61 Å². The van der Waals surface area contributed by atoms with E-state index in [1.165, 1.54) is 6.07 Å². The Bertz CT molecular complexity index is 729. The Balaban J connectivity index is 2.80. The Morgan fingerprint density at radius 3 is 2.70 bits per heavy atom. The number of aromatic hydroxyl groups is 1. The Labute approximate surface area is 138 Å². The molecule has 0 saturated carbocycles. The molecule has 0 unspecified atom stereocenters. The Morgan fingerprint density at radius 1 is 1.48 bits per heavy atom. The number of phenols is 1. The van der Waals surface area contributed by atoms with Crippen LogP contribution in [0.2, 0.25) is 5.02 Å². The molecule has 0 amide bonds. The molecule has 0 aliphatic heterocycles. The Hall–Kier alpha value is -1.86. The first-order chi connectivity index (χ1) is 10.6. The molecule has 1 aromatic carbocycles. The summed E-state index contributed by atoms with van der Waals surface area (Å²) in [6, 6.07) is 3.45. The summed E-state index contributed by atoms with van der Waals surface area (Å²) in [5, 5.41) is 18.2. The van der Waals surface area contributed by atoms with E-state index in [9.17, 15) is 18.3 Å². The lowest BCUT2D eigenvalue weighted by Gasteiger charge is -2.12. The lowest BCUT2D eigenvalue weighted by molar-refractivity contribution is -0.143. The van der Waals surface area contributed by atoms with Crippen LogP contribution in [0.3, 0.4) is 0 Å². The second kappa shape index (κ2) is 8.12. The van der Waals surface area contributed by atoms with Crippen molar-refractivity contribution in [3.8, 4) is 11.8 Å². The quantitative estimate of drug-likeness (QED) is 0.480. The molecular weight excluding hydrogens is 348 g/mol. The first kappa shape index (κ1) is 19.2. The number of nitrogens with two attached hydrogens (primary N) is 1. The van der Waals surface area contributed by atoms with Crippen LogP contribution in [0.15, 0.2) is 17.0 Å². The minimum absolute atomic E-state index is 0.0797. The summed E-state index contributed by atoms with van der Waals surface area (Å²) < 4.78 is 36.2. The molecule has 1 rings (SSSR count). The van der Waals surface area contributed by atoms with Crippen LogP contribution in [-0.2, 0) is 26.1 Å². The fourth-order valence-electron chi connectivity index (χ4n) is 1.70. The fourth-order valence-corrected chi connectivity index (χ4v) is 2.66. The molecule has 10 heteroatoms. The van der Waals surface area contributed by atoms with Gasteiger partial charge in [0.1, 0.15) is 17.3 Å². The zero-order chi connectivity index (χ0) is 17.6. The standard InChI is InChI=1S/C13H15ClN2O6S/c14-9-4-8(13(18)11(6-9)23(19,20)21)5-12(17)22-7-10(16)2-1-3-15/h4,6,10,18H,1-2,5,7,16H2,(H,19,20,21)/t10-/m0/s1. The molecule has 4 N–H and O–H groups in total. The van der Waals surface area contributed by atoms with E-state index in [1.54, 1.807) is 0 Å². The van der Waals surface area contributed by atoms with Gasteiger partial charge in [-0.3, -0.25) is 9.35 Å². The average molecular weight is 363 g/mol. The summed E-state index contributed by atoms with van der Waals surface area (Å²) in [6.07, 6.45) is 0.129. The zero-order valence-corrected chi connectivity index (χ0v) is 13.5. The van der Waals surface area contributed by atoms with Crippen LogP contribution in [0.5, 0.6) is 5.75 Å². The molecule has 126 valence electrons. The summed E-state index contributed by atoms with van der Waals surface area (Å²) >= 11 is 5.71. The van der Waals surface area contributed by atoms with Crippen molar-refractivity contribution < 1.29 is 27.6 Å². The van der Waals surface area contributed by atoms with Crippen LogP contribution in [-0.4, -0.2) is 36.7 Å². The zero-order valence-electron chi connectivity index (χ0n) is 11.9. The molecule has 8 nitrogen and oxygen atoms in total. The number of nitriles is 1. The predicted molar refractivity (Wildman–Crippen MR) is 80.4 cm³/mol. The van der Waals surface area contributed by atoms with Crippen LogP contribution in [0.4, 0.5) is 0 Å². The van der Waals surface area contributed by atoms with Gasteiger partial charge >= 0.3 is 5.97 Å². The van der Waals surface area contributed by atoms with E-state index in [2.05, 4.69) is 0 Å². The third-order valence-corrected chi connectivity index (χ3v) is 3.90. The van der Waals surface area contributed by atoms with Crippen molar-refractivity contribution in [2.45, 2.75) is 30.2 Å². The lowest BCUT2D eigenvalue weighted by Crippen LogP contribution is -2.28. The molecule has 0 aromatic heterocycles. The highest BCUT2D eigenvalue weighted by atomic mass is 35.5. The van der Waals surface area contributed by atoms with Gasteiger partial charge in [0.05, 0.1) is 12.5 Å². The number of phenolic OH excluding ortho intramolecular Hbond substituents is 1. The van der Waals surface area contributed by atoms with Gasteiger partial charge in [0.25, 0.3) is 10.1 Å². The first-order valence-corrected chi connectivity index (χ1v) is 8.24. The van der Waals surface area contributed by atoms with E-state index in [0.717, 1.165) is 6.07 Å². The maximum absolute atomic E-state index is 11.7. The van der Waals surface area contributed by atoms with Crippen molar-refractivity contribution >= 4 is 27.7 Å². The normalized spacial score (nSPS) is 12.4. The van der Waals surface area contributed by atoms with Gasteiger partial charge in [-0.25, -0.2) is 0 Å². The molecule has 1 aromatic rings. The minimum atomic E-state index is -4.69. The SMILES string of the molecule is N#CCC[C@H](N)COC(=O)Cc1cc(Cl)cc(S(=O)(=O)O)c1O. The maximum Gasteiger partial charge on any atom is 0.310 e. The van der Waals surface area contributed by atoms with Gasteiger partial charge in [-0.1, -0.05) is 11.6 Å². The molecule has 23 heavy (non-hydrogen) atoms. The van der Waals surface area contributed by atoms with E-state index in [0.29, 0.717) is 6.42 Å². The van der Waals surface area contributed by atoms with Gasteiger partial charge < -0.3 is 15.6 Å². The molecule has 0 saturated heterocycles. The highest BCUT2D eigenvalue weighted by Crippen LogP contribution is 2.31. The number of hydrogen-bond donors (Lipinski definition) is 3. The van der Waals surface area contributed by atoms with Crippen LogP contribution in [0.25, 0.3) is 0 Å². The number of rotatable bonds is 7. The summed E-state index contributed by atoms with van der Waals surface area (Å²) in [4.78, 5) is 10.9. The van der Waals surface area contributed by atoms with E-state index in [4.69, 9.17) is 31.9 Å². The number of carbonyl (C=O) groups excluding carboxylic acids is 1. The van der Waals surface area contributed by atoms with Gasteiger partial charge in [-0.15, -0.1) is 0 Å². The summed E-state index contributed by atoms with van der Waals surface area (Å²) in [6.45, 7) is -0.118. The summed E-state index contributed by atoms with van der Waals surface area (Å²) in [7, 11) is -4.69. The number of ether oxygens (including phenoxy) is 1. The Kier molecular flexibility index (Phi) is 6.78. The monoisotopic (exact) mass is 362 g/mol. The topological polar surface area (TPSA) is 151 Å². The molecule has 0 bridgehead atoms. The van der Waals surface area contributed by atoms with Crippen LogP contribution in [0.1, 0.15) is 18.4 Å². The van der Waals surface area contributed by atoms with Crippen molar-refractivity contribution in [3.05, 3.63) is 22.7 Å². The molecule has 0 heterocycles.